The highest BCUT2D eigenvalue weighted by atomic mass is 35.5. The molecular formula is C14H23ClN2O. The molecule has 1 atom stereocenters. The second-order valence-corrected chi connectivity index (χ2v) is 5.37. The van der Waals surface area contributed by atoms with Gasteiger partial charge in [0.1, 0.15) is 0 Å². The number of hydrogen-bond acceptors (Lipinski definition) is 3. The van der Waals surface area contributed by atoms with Crippen LogP contribution in [0.5, 0.6) is 5.75 Å². The van der Waals surface area contributed by atoms with Crippen LogP contribution in [-0.4, -0.2) is 23.0 Å². The minimum atomic E-state index is 0.139. The molecule has 0 aliphatic rings. The molecule has 0 aliphatic heterocycles. The van der Waals surface area contributed by atoms with Gasteiger partial charge in [0.05, 0.1) is 6.10 Å². The van der Waals surface area contributed by atoms with E-state index in [9.17, 15) is 0 Å². The van der Waals surface area contributed by atoms with E-state index in [1.807, 2.05) is 26.0 Å². The molecule has 0 fully saturated rings. The predicted octanol–water partition coefficient (Wildman–Crippen LogP) is 3.93. The first kappa shape index (κ1) is 15.1. The number of pyridine rings is 1. The van der Waals surface area contributed by atoms with E-state index in [0.717, 1.165) is 18.0 Å². The number of rotatable bonds is 7. The number of anilines is 1. The molecule has 1 N–H and O–H groups in total. The molecule has 1 unspecified atom stereocenters. The Kier molecular flexibility index (Phi) is 6.27. The van der Waals surface area contributed by atoms with Crippen molar-refractivity contribution < 1.29 is 4.74 Å². The Bertz CT molecular complexity index is 355. The zero-order valence-electron chi connectivity index (χ0n) is 11.6. The number of ether oxygens (including phenoxy) is 1. The van der Waals surface area contributed by atoms with Crippen molar-refractivity contribution in [1.82, 2.24) is 4.98 Å². The van der Waals surface area contributed by atoms with Crippen LogP contribution in [-0.2, 0) is 0 Å². The Balaban J connectivity index is 2.81. The van der Waals surface area contributed by atoms with Gasteiger partial charge in [-0.05, 0) is 38.3 Å². The van der Waals surface area contributed by atoms with Crippen molar-refractivity contribution in [1.29, 1.82) is 0 Å². The average molecular weight is 271 g/mol. The average Bonchev–Trinajstić information content (AvgIpc) is 2.30. The summed E-state index contributed by atoms with van der Waals surface area (Å²) in [6, 6.07) is 4.13. The van der Waals surface area contributed by atoms with Crippen LogP contribution in [0.1, 0.15) is 34.1 Å². The summed E-state index contributed by atoms with van der Waals surface area (Å²) < 4.78 is 5.75. The molecule has 1 rings (SSSR count). The molecular weight excluding hydrogens is 248 g/mol. The summed E-state index contributed by atoms with van der Waals surface area (Å²) >= 11 is 5.84. The van der Waals surface area contributed by atoms with E-state index in [1.54, 1.807) is 6.20 Å². The Morgan fingerprint density at radius 2 is 2.06 bits per heavy atom. The van der Waals surface area contributed by atoms with E-state index in [-0.39, 0.29) is 6.10 Å². The molecule has 0 spiro atoms. The van der Waals surface area contributed by atoms with Crippen molar-refractivity contribution in [2.24, 2.45) is 5.92 Å². The van der Waals surface area contributed by atoms with Crippen LogP contribution in [0.4, 0.5) is 5.82 Å². The first-order valence-corrected chi connectivity index (χ1v) is 7.02. The lowest BCUT2D eigenvalue weighted by molar-refractivity contribution is 0.242. The summed E-state index contributed by atoms with van der Waals surface area (Å²) in [6.07, 6.45) is 2.82. The first-order valence-electron chi connectivity index (χ1n) is 6.48. The molecule has 102 valence electrons. The van der Waals surface area contributed by atoms with Crippen LogP contribution in [0.25, 0.3) is 0 Å². The highest BCUT2D eigenvalue weighted by Crippen LogP contribution is 2.25. The van der Waals surface area contributed by atoms with Crippen molar-refractivity contribution in [3.8, 4) is 5.75 Å². The molecule has 0 amide bonds. The van der Waals surface area contributed by atoms with Gasteiger partial charge in [-0.15, -0.1) is 11.6 Å². The van der Waals surface area contributed by atoms with Gasteiger partial charge in [0, 0.05) is 18.1 Å². The molecule has 1 aromatic rings. The summed E-state index contributed by atoms with van der Waals surface area (Å²) in [7, 11) is 0. The van der Waals surface area contributed by atoms with Crippen LogP contribution in [0.2, 0.25) is 0 Å². The maximum Gasteiger partial charge on any atom is 0.168 e. The highest BCUT2D eigenvalue weighted by Gasteiger charge is 2.15. The van der Waals surface area contributed by atoms with Gasteiger partial charge >= 0.3 is 0 Å². The summed E-state index contributed by atoms with van der Waals surface area (Å²) in [5.74, 6) is 2.74. The molecule has 0 radical (unpaired) electrons. The number of halogens is 1. The molecule has 18 heavy (non-hydrogen) atoms. The molecule has 0 aliphatic carbocycles. The lowest BCUT2D eigenvalue weighted by Gasteiger charge is -2.23. The van der Waals surface area contributed by atoms with Crippen molar-refractivity contribution in [2.45, 2.75) is 46.3 Å². The summed E-state index contributed by atoms with van der Waals surface area (Å²) in [6.45, 7) is 8.37. The van der Waals surface area contributed by atoms with Crippen LogP contribution in [0, 0.1) is 5.92 Å². The van der Waals surface area contributed by atoms with E-state index in [1.165, 1.54) is 0 Å². The van der Waals surface area contributed by atoms with Crippen LogP contribution in [0.15, 0.2) is 18.3 Å². The van der Waals surface area contributed by atoms with E-state index in [0.29, 0.717) is 17.8 Å². The zero-order chi connectivity index (χ0) is 13.5. The fourth-order valence-corrected chi connectivity index (χ4v) is 1.95. The fourth-order valence-electron chi connectivity index (χ4n) is 1.71. The van der Waals surface area contributed by atoms with Gasteiger partial charge in [-0.25, -0.2) is 4.98 Å². The smallest absolute Gasteiger partial charge is 0.168 e. The van der Waals surface area contributed by atoms with Crippen molar-refractivity contribution in [2.75, 3.05) is 11.2 Å². The van der Waals surface area contributed by atoms with Crippen molar-refractivity contribution in [3.63, 3.8) is 0 Å². The van der Waals surface area contributed by atoms with Gasteiger partial charge in [0.25, 0.3) is 0 Å². The van der Waals surface area contributed by atoms with Gasteiger partial charge in [-0.3, -0.25) is 0 Å². The summed E-state index contributed by atoms with van der Waals surface area (Å²) in [5.41, 5.74) is 0. The molecule has 0 saturated heterocycles. The number of nitrogens with one attached hydrogen (secondary N) is 1. The molecule has 4 heteroatoms. The minimum Gasteiger partial charge on any atom is -0.487 e. The number of hydrogen-bond donors (Lipinski definition) is 1. The van der Waals surface area contributed by atoms with Crippen LogP contribution in [0.3, 0.4) is 0 Å². The summed E-state index contributed by atoms with van der Waals surface area (Å²) in [4.78, 5) is 4.36. The quantitative estimate of drug-likeness (QED) is 0.762. The second kappa shape index (κ2) is 7.47. The normalized spacial score (nSPS) is 12.8. The third kappa shape index (κ3) is 4.73. The Morgan fingerprint density at radius 3 is 2.61 bits per heavy atom. The van der Waals surface area contributed by atoms with Gasteiger partial charge < -0.3 is 10.1 Å². The Labute approximate surface area is 115 Å². The second-order valence-electron chi connectivity index (χ2n) is 4.99. The predicted molar refractivity (Wildman–Crippen MR) is 77.6 cm³/mol. The van der Waals surface area contributed by atoms with E-state index in [4.69, 9.17) is 16.3 Å². The molecule has 3 nitrogen and oxygen atoms in total. The van der Waals surface area contributed by atoms with Gasteiger partial charge in [0.2, 0.25) is 0 Å². The standard InChI is InChI=1S/C14H23ClN2O/c1-10(2)12(7-8-15)17-14-13(18-11(3)4)6-5-9-16-14/h5-6,9-12H,7-8H2,1-4H3,(H,16,17). The van der Waals surface area contributed by atoms with E-state index >= 15 is 0 Å². The van der Waals surface area contributed by atoms with Crippen LogP contribution < -0.4 is 10.1 Å². The zero-order valence-corrected chi connectivity index (χ0v) is 12.4. The third-order valence-electron chi connectivity index (χ3n) is 2.68. The van der Waals surface area contributed by atoms with Crippen molar-refractivity contribution >= 4 is 17.4 Å². The fraction of sp³-hybridized carbons (Fsp3) is 0.643. The molecule has 0 saturated carbocycles. The maximum atomic E-state index is 5.84. The minimum absolute atomic E-state index is 0.139. The highest BCUT2D eigenvalue weighted by molar-refractivity contribution is 6.17. The largest absolute Gasteiger partial charge is 0.487 e. The number of alkyl halides is 1. The van der Waals surface area contributed by atoms with Crippen molar-refractivity contribution in [3.05, 3.63) is 18.3 Å². The molecule has 0 aromatic carbocycles. The van der Waals surface area contributed by atoms with E-state index in [2.05, 4.69) is 24.1 Å². The molecule has 0 bridgehead atoms. The monoisotopic (exact) mass is 270 g/mol. The lowest BCUT2D eigenvalue weighted by atomic mass is 10.0. The SMILES string of the molecule is CC(C)Oc1cccnc1NC(CCCl)C(C)C. The first-order chi connectivity index (χ1) is 8.54. The van der Waals surface area contributed by atoms with Gasteiger partial charge in [-0.1, -0.05) is 13.8 Å². The maximum absolute atomic E-state index is 5.84. The Morgan fingerprint density at radius 1 is 1.33 bits per heavy atom. The van der Waals surface area contributed by atoms with Gasteiger partial charge in [-0.2, -0.15) is 0 Å². The van der Waals surface area contributed by atoms with Gasteiger partial charge in [0.15, 0.2) is 11.6 Å². The number of nitrogens with zero attached hydrogens (tertiary/aromatic N) is 1. The topological polar surface area (TPSA) is 34.1 Å². The van der Waals surface area contributed by atoms with Crippen LogP contribution >= 0.6 is 11.6 Å². The third-order valence-corrected chi connectivity index (χ3v) is 2.90. The molecule has 1 aromatic heterocycles. The Hall–Kier alpha value is -0.960. The lowest BCUT2D eigenvalue weighted by Crippen LogP contribution is -2.27. The van der Waals surface area contributed by atoms with E-state index < -0.39 is 0 Å². The number of aromatic nitrogens is 1. The summed E-state index contributed by atoms with van der Waals surface area (Å²) in [5, 5.41) is 3.43. The molecule has 1 heterocycles.